The fourth-order valence-corrected chi connectivity index (χ4v) is 1.95. The third-order valence-electron chi connectivity index (χ3n) is 2.69. The molecule has 0 aliphatic rings. The van der Waals surface area contributed by atoms with E-state index < -0.39 is 0 Å². The summed E-state index contributed by atoms with van der Waals surface area (Å²) >= 11 is 5.19. The van der Waals surface area contributed by atoms with Gasteiger partial charge in [0.15, 0.2) is 4.77 Å². The van der Waals surface area contributed by atoms with Crippen molar-refractivity contribution in [2.24, 2.45) is 0 Å². The zero-order valence-electron chi connectivity index (χ0n) is 10.4. The second kappa shape index (κ2) is 6.33. The maximum atomic E-state index is 5.19. The zero-order chi connectivity index (χ0) is 12.8. The van der Waals surface area contributed by atoms with Gasteiger partial charge in [-0.1, -0.05) is 24.3 Å². The molecule has 1 aromatic carbocycles. The Hall–Kier alpha value is -1.65. The molecular weight excluding hydrogens is 242 g/mol. The number of imidazole rings is 1. The molecule has 0 unspecified atom stereocenters. The number of hydrogen-bond acceptors (Lipinski definition) is 2. The van der Waals surface area contributed by atoms with Crippen molar-refractivity contribution in [1.29, 1.82) is 0 Å². The van der Waals surface area contributed by atoms with Crippen LogP contribution in [0.2, 0.25) is 0 Å². The summed E-state index contributed by atoms with van der Waals surface area (Å²) in [5.41, 5.74) is 2.28. The van der Waals surface area contributed by atoms with Crippen LogP contribution in [0.1, 0.15) is 12.0 Å². The largest absolute Gasteiger partial charge is 0.337 e. The van der Waals surface area contributed by atoms with Crippen molar-refractivity contribution < 1.29 is 0 Å². The molecule has 0 aliphatic heterocycles. The molecule has 0 fully saturated rings. The summed E-state index contributed by atoms with van der Waals surface area (Å²) in [5, 5.41) is 3.12. The summed E-state index contributed by atoms with van der Waals surface area (Å²) in [4.78, 5) is 2.99. The van der Waals surface area contributed by atoms with E-state index in [1.165, 1.54) is 5.56 Å². The SMILES string of the molecule is CNCCC=Cc1ccc(-n2cc[nH]c2=S)cc1. The van der Waals surface area contributed by atoms with E-state index in [0.717, 1.165) is 18.7 Å². The van der Waals surface area contributed by atoms with E-state index in [9.17, 15) is 0 Å². The Morgan fingerprint density at radius 3 is 2.72 bits per heavy atom. The van der Waals surface area contributed by atoms with Crippen molar-refractivity contribution in [3.05, 3.63) is 53.1 Å². The summed E-state index contributed by atoms with van der Waals surface area (Å²) in [6, 6.07) is 8.34. The van der Waals surface area contributed by atoms with Gasteiger partial charge in [0.05, 0.1) is 0 Å². The van der Waals surface area contributed by atoms with E-state index in [2.05, 4.69) is 46.7 Å². The topological polar surface area (TPSA) is 32.8 Å². The highest BCUT2D eigenvalue weighted by Crippen LogP contribution is 2.11. The molecule has 0 amide bonds. The molecule has 2 rings (SSSR count). The van der Waals surface area contributed by atoms with E-state index in [0.29, 0.717) is 4.77 Å². The molecular formula is C14H17N3S. The van der Waals surface area contributed by atoms with Gasteiger partial charge in [0.1, 0.15) is 0 Å². The fraction of sp³-hybridized carbons (Fsp3) is 0.214. The lowest BCUT2D eigenvalue weighted by Crippen LogP contribution is -2.05. The van der Waals surface area contributed by atoms with E-state index in [1.54, 1.807) is 0 Å². The van der Waals surface area contributed by atoms with Crippen LogP contribution in [0.25, 0.3) is 11.8 Å². The number of H-pyrrole nitrogens is 1. The normalized spacial score (nSPS) is 11.2. The van der Waals surface area contributed by atoms with Crippen LogP contribution in [0.5, 0.6) is 0 Å². The molecule has 0 radical (unpaired) electrons. The summed E-state index contributed by atoms with van der Waals surface area (Å²) in [6.07, 6.45) is 9.13. The standard InChI is InChI=1S/C14H17N3S/c1-15-9-3-2-4-12-5-7-13(8-6-12)17-11-10-16-14(17)18/h2,4-8,10-11,15H,3,9H2,1H3,(H,16,18). The molecule has 2 N–H and O–H groups in total. The van der Waals surface area contributed by atoms with Crippen LogP contribution >= 0.6 is 12.2 Å². The van der Waals surface area contributed by atoms with Gasteiger partial charge >= 0.3 is 0 Å². The summed E-state index contributed by atoms with van der Waals surface area (Å²) in [7, 11) is 1.96. The summed E-state index contributed by atoms with van der Waals surface area (Å²) in [5.74, 6) is 0. The Kier molecular flexibility index (Phi) is 4.50. The second-order valence-electron chi connectivity index (χ2n) is 4.02. The number of benzene rings is 1. The zero-order valence-corrected chi connectivity index (χ0v) is 11.2. The molecule has 0 atom stereocenters. The van der Waals surface area contributed by atoms with E-state index in [4.69, 9.17) is 12.2 Å². The van der Waals surface area contributed by atoms with E-state index in [-0.39, 0.29) is 0 Å². The number of nitrogens with zero attached hydrogens (tertiary/aromatic N) is 1. The van der Waals surface area contributed by atoms with Crippen LogP contribution in [0.15, 0.2) is 42.7 Å². The molecule has 0 spiro atoms. The van der Waals surface area contributed by atoms with Crippen molar-refractivity contribution in [3.8, 4) is 5.69 Å². The van der Waals surface area contributed by atoms with Gasteiger partial charge in [0, 0.05) is 18.1 Å². The smallest absolute Gasteiger partial charge is 0.181 e. The quantitative estimate of drug-likeness (QED) is 0.638. The first-order chi connectivity index (χ1) is 8.81. The van der Waals surface area contributed by atoms with E-state index in [1.807, 2.05) is 24.0 Å². The van der Waals surface area contributed by atoms with Crippen molar-refractivity contribution in [1.82, 2.24) is 14.9 Å². The first-order valence-electron chi connectivity index (χ1n) is 5.99. The monoisotopic (exact) mass is 259 g/mol. The van der Waals surface area contributed by atoms with Crippen LogP contribution in [0, 0.1) is 4.77 Å². The van der Waals surface area contributed by atoms with Crippen LogP contribution in [0.3, 0.4) is 0 Å². The molecule has 18 heavy (non-hydrogen) atoms. The average molecular weight is 259 g/mol. The van der Waals surface area contributed by atoms with Gasteiger partial charge < -0.3 is 10.3 Å². The third-order valence-corrected chi connectivity index (χ3v) is 3.01. The van der Waals surface area contributed by atoms with Gasteiger partial charge in [-0.25, -0.2) is 0 Å². The van der Waals surface area contributed by atoms with Crippen molar-refractivity contribution in [2.75, 3.05) is 13.6 Å². The predicted octanol–water partition coefficient (Wildman–Crippen LogP) is 3.16. The summed E-state index contributed by atoms with van der Waals surface area (Å²) < 4.78 is 2.66. The molecule has 0 aliphatic carbocycles. The van der Waals surface area contributed by atoms with Gasteiger partial charge in [0.25, 0.3) is 0 Å². The van der Waals surface area contributed by atoms with Crippen LogP contribution in [-0.2, 0) is 0 Å². The number of aromatic amines is 1. The summed E-state index contributed by atoms with van der Waals surface area (Å²) in [6.45, 7) is 1.01. The molecule has 0 saturated heterocycles. The van der Waals surface area contributed by atoms with Crippen molar-refractivity contribution in [2.45, 2.75) is 6.42 Å². The molecule has 94 valence electrons. The van der Waals surface area contributed by atoms with Gasteiger partial charge in [-0.05, 0) is 49.9 Å². The Labute approximate surface area is 112 Å². The molecule has 1 heterocycles. The number of rotatable bonds is 5. The van der Waals surface area contributed by atoms with Gasteiger partial charge in [-0.2, -0.15) is 0 Å². The number of nitrogens with one attached hydrogen (secondary N) is 2. The van der Waals surface area contributed by atoms with Crippen LogP contribution < -0.4 is 5.32 Å². The Balaban J connectivity index is 2.09. The van der Waals surface area contributed by atoms with Crippen LogP contribution in [-0.4, -0.2) is 23.1 Å². The minimum atomic E-state index is 0.715. The lowest BCUT2D eigenvalue weighted by Gasteiger charge is -2.02. The van der Waals surface area contributed by atoms with Crippen molar-refractivity contribution in [3.63, 3.8) is 0 Å². The molecule has 0 bridgehead atoms. The maximum Gasteiger partial charge on any atom is 0.181 e. The molecule has 2 aromatic rings. The van der Waals surface area contributed by atoms with Crippen molar-refractivity contribution >= 4 is 18.3 Å². The lowest BCUT2D eigenvalue weighted by atomic mass is 10.2. The van der Waals surface area contributed by atoms with Gasteiger partial charge in [-0.15, -0.1) is 0 Å². The van der Waals surface area contributed by atoms with Gasteiger partial charge in [-0.3, -0.25) is 4.57 Å². The Morgan fingerprint density at radius 1 is 1.33 bits per heavy atom. The first-order valence-corrected chi connectivity index (χ1v) is 6.39. The predicted molar refractivity (Wildman–Crippen MR) is 78.5 cm³/mol. The molecule has 4 heteroatoms. The maximum absolute atomic E-state index is 5.19. The minimum absolute atomic E-state index is 0.715. The minimum Gasteiger partial charge on any atom is -0.337 e. The molecule has 3 nitrogen and oxygen atoms in total. The first kappa shape index (κ1) is 12.8. The highest BCUT2D eigenvalue weighted by atomic mass is 32.1. The van der Waals surface area contributed by atoms with E-state index >= 15 is 0 Å². The Bertz CT molecular complexity index is 563. The highest BCUT2D eigenvalue weighted by Gasteiger charge is 1.96. The lowest BCUT2D eigenvalue weighted by molar-refractivity contribution is 0.809. The highest BCUT2D eigenvalue weighted by molar-refractivity contribution is 7.71. The third kappa shape index (κ3) is 3.18. The molecule has 1 aromatic heterocycles. The number of aromatic nitrogens is 2. The molecule has 0 saturated carbocycles. The number of hydrogen-bond donors (Lipinski definition) is 2. The van der Waals surface area contributed by atoms with Gasteiger partial charge in [0.2, 0.25) is 0 Å². The fourth-order valence-electron chi connectivity index (χ4n) is 1.72. The Morgan fingerprint density at radius 2 is 2.11 bits per heavy atom. The average Bonchev–Trinajstić information content (AvgIpc) is 2.82. The van der Waals surface area contributed by atoms with Crippen LogP contribution in [0.4, 0.5) is 0 Å². The second-order valence-corrected chi connectivity index (χ2v) is 4.41.